The fourth-order valence-electron chi connectivity index (χ4n) is 1.28. The first-order valence-corrected chi connectivity index (χ1v) is 4.14. The van der Waals surface area contributed by atoms with Crippen LogP contribution in [0.2, 0.25) is 0 Å². The Morgan fingerprint density at radius 2 is 2.50 bits per heavy atom. The van der Waals surface area contributed by atoms with Crippen LogP contribution in [0.5, 0.6) is 0 Å². The Hall–Kier alpha value is -1.30. The Kier molecular flexibility index (Phi) is 3.34. The predicted octanol–water partition coefficient (Wildman–Crippen LogP) is 1.12. The van der Waals surface area contributed by atoms with E-state index in [4.69, 9.17) is 5.26 Å². The molecule has 0 aromatic heterocycles. The summed E-state index contributed by atoms with van der Waals surface area (Å²) in [6.07, 6.45) is 7.08. The first-order valence-electron chi connectivity index (χ1n) is 4.14. The number of nitriles is 1. The van der Waals surface area contributed by atoms with Gasteiger partial charge in [0.05, 0.1) is 6.07 Å². The van der Waals surface area contributed by atoms with Gasteiger partial charge in [0.25, 0.3) is 0 Å². The van der Waals surface area contributed by atoms with Gasteiger partial charge in [0, 0.05) is 6.04 Å². The highest BCUT2D eigenvalue weighted by Crippen LogP contribution is 2.10. The summed E-state index contributed by atoms with van der Waals surface area (Å²) in [5, 5.41) is 11.0. The standard InChI is InChI=1S/C9H12N2O/c10-7-6-9(12)11-8-4-2-1-3-5-8/h1-2,8H,3-6H2,(H,11,12). The minimum Gasteiger partial charge on any atom is -0.352 e. The summed E-state index contributed by atoms with van der Waals surface area (Å²) in [5.74, 6) is -0.155. The molecule has 0 saturated heterocycles. The lowest BCUT2D eigenvalue weighted by Crippen LogP contribution is -2.34. The lowest BCUT2D eigenvalue weighted by atomic mass is 10.0. The average Bonchev–Trinajstić information content (AvgIpc) is 2.06. The second-order valence-electron chi connectivity index (χ2n) is 2.88. The van der Waals surface area contributed by atoms with Crippen LogP contribution < -0.4 is 5.32 Å². The lowest BCUT2D eigenvalue weighted by Gasteiger charge is -2.18. The summed E-state index contributed by atoms with van der Waals surface area (Å²) in [4.78, 5) is 11.0. The van der Waals surface area contributed by atoms with Crippen LogP contribution in [0.25, 0.3) is 0 Å². The Balaban J connectivity index is 2.27. The van der Waals surface area contributed by atoms with Crippen molar-refractivity contribution in [3.8, 4) is 6.07 Å². The third-order valence-electron chi connectivity index (χ3n) is 1.87. The normalized spacial score (nSPS) is 21.4. The zero-order valence-corrected chi connectivity index (χ0v) is 6.92. The molecule has 1 aliphatic carbocycles. The summed E-state index contributed by atoms with van der Waals surface area (Å²) < 4.78 is 0. The molecule has 1 aliphatic rings. The summed E-state index contributed by atoms with van der Waals surface area (Å²) in [5.41, 5.74) is 0. The quantitative estimate of drug-likeness (QED) is 0.622. The fourth-order valence-corrected chi connectivity index (χ4v) is 1.28. The van der Waals surface area contributed by atoms with E-state index in [1.165, 1.54) is 0 Å². The first kappa shape index (κ1) is 8.79. The van der Waals surface area contributed by atoms with Gasteiger partial charge in [0.2, 0.25) is 5.91 Å². The Bertz CT molecular complexity index is 227. The number of rotatable bonds is 2. The van der Waals surface area contributed by atoms with Crippen LogP contribution in [0.4, 0.5) is 0 Å². The summed E-state index contributed by atoms with van der Waals surface area (Å²) >= 11 is 0. The number of allylic oxidation sites excluding steroid dienone is 1. The molecule has 0 aromatic carbocycles. The molecule has 1 N–H and O–H groups in total. The van der Waals surface area contributed by atoms with Crippen LogP contribution >= 0.6 is 0 Å². The molecule has 1 rings (SSSR count). The molecule has 0 aliphatic heterocycles. The number of amides is 1. The van der Waals surface area contributed by atoms with Gasteiger partial charge in [-0.2, -0.15) is 5.26 Å². The third kappa shape index (κ3) is 2.75. The molecule has 0 heterocycles. The molecule has 0 fully saturated rings. The molecule has 1 unspecified atom stereocenters. The molecule has 1 amide bonds. The van der Waals surface area contributed by atoms with Crippen molar-refractivity contribution in [1.29, 1.82) is 5.26 Å². The van der Waals surface area contributed by atoms with Crippen LogP contribution in [0, 0.1) is 11.3 Å². The van der Waals surface area contributed by atoms with Crippen molar-refractivity contribution in [3.63, 3.8) is 0 Å². The zero-order chi connectivity index (χ0) is 8.81. The molecule has 1 atom stereocenters. The molecular formula is C9H12N2O. The van der Waals surface area contributed by atoms with Crippen LogP contribution in [0.3, 0.4) is 0 Å². The van der Waals surface area contributed by atoms with Crippen LogP contribution in [0.15, 0.2) is 12.2 Å². The van der Waals surface area contributed by atoms with E-state index < -0.39 is 0 Å². The Morgan fingerprint density at radius 1 is 1.67 bits per heavy atom. The van der Waals surface area contributed by atoms with Crippen molar-refractivity contribution in [2.45, 2.75) is 31.7 Å². The summed E-state index contributed by atoms with van der Waals surface area (Å²) in [7, 11) is 0. The summed E-state index contributed by atoms with van der Waals surface area (Å²) in [6.45, 7) is 0. The van der Waals surface area contributed by atoms with Gasteiger partial charge in [-0.05, 0) is 19.3 Å². The molecule has 0 bridgehead atoms. The average molecular weight is 164 g/mol. The van der Waals surface area contributed by atoms with Crippen LogP contribution in [0.1, 0.15) is 25.7 Å². The highest BCUT2D eigenvalue weighted by atomic mass is 16.1. The molecular weight excluding hydrogens is 152 g/mol. The van der Waals surface area contributed by atoms with Crippen molar-refractivity contribution in [2.24, 2.45) is 0 Å². The van der Waals surface area contributed by atoms with Gasteiger partial charge in [-0.25, -0.2) is 0 Å². The van der Waals surface area contributed by atoms with E-state index in [9.17, 15) is 4.79 Å². The van der Waals surface area contributed by atoms with E-state index >= 15 is 0 Å². The Labute approximate surface area is 72.1 Å². The third-order valence-corrected chi connectivity index (χ3v) is 1.87. The monoisotopic (exact) mass is 164 g/mol. The zero-order valence-electron chi connectivity index (χ0n) is 6.92. The maximum absolute atomic E-state index is 11.0. The second-order valence-corrected chi connectivity index (χ2v) is 2.88. The van der Waals surface area contributed by atoms with E-state index in [1.54, 1.807) is 0 Å². The minimum atomic E-state index is -0.155. The van der Waals surface area contributed by atoms with Crippen molar-refractivity contribution in [2.75, 3.05) is 0 Å². The van der Waals surface area contributed by atoms with Gasteiger partial charge in [0.1, 0.15) is 6.42 Å². The van der Waals surface area contributed by atoms with Gasteiger partial charge in [0.15, 0.2) is 0 Å². The van der Waals surface area contributed by atoms with Gasteiger partial charge in [-0.1, -0.05) is 12.2 Å². The van der Waals surface area contributed by atoms with Crippen molar-refractivity contribution in [3.05, 3.63) is 12.2 Å². The number of hydrogen-bond donors (Lipinski definition) is 1. The first-order chi connectivity index (χ1) is 5.83. The van der Waals surface area contributed by atoms with Gasteiger partial charge in [-0.15, -0.1) is 0 Å². The van der Waals surface area contributed by atoms with Gasteiger partial charge >= 0.3 is 0 Å². The number of nitrogens with one attached hydrogen (secondary N) is 1. The maximum Gasteiger partial charge on any atom is 0.234 e. The second kappa shape index (κ2) is 4.55. The fraction of sp³-hybridized carbons (Fsp3) is 0.556. The minimum absolute atomic E-state index is 0.0276. The molecule has 64 valence electrons. The smallest absolute Gasteiger partial charge is 0.234 e. The molecule has 0 aromatic rings. The van der Waals surface area contributed by atoms with Crippen molar-refractivity contribution < 1.29 is 4.79 Å². The predicted molar refractivity (Wildman–Crippen MR) is 45.2 cm³/mol. The van der Waals surface area contributed by atoms with E-state index in [0.717, 1.165) is 19.3 Å². The lowest BCUT2D eigenvalue weighted by molar-refractivity contribution is -0.120. The molecule has 3 nitrogen and oxygen atoms in total. The molecule has 0 saturated carbocycles. The van der Waals surface area contributed by atoms with Crippen LogP contribution in [-0.4, -0.2) is 11.9 Å². The largest absolute Gasteiger partial charge is 0.352 e. The van der Waals surface area contributed by atoms with E-state index in [1.807, 2.05) is 6.07 Å². The van der Waals surface area contributed by atoms with Gasteiger partial charge in [-0.3, -0.25) is 4.79 Å². The van der Waals surface area contributed by atoms with Crippen molar-refractivity contribution in [1.82, 2.24) is 5.32 Å². The number of nitrogens with zero attached hydrogens (tertiary/aromatic N) is 1. The van der Waals surface area contributed by atoms with E-state index in [0.29, 0.717) is 0 Å². The van der Waals surface area contributed by atoms with E-state index in [-0.39, 0.29) is 18.4 Å². The molecule has 0 radical (unpaired) electrons. The number of hydrogen-bond acceptors (Lipinski definition) is 2. The topological polar surface area (TPSA) is 52.9 Å². The number of carbonyl (C=O) groups is 1. The SMILES string of the molecule is N#CCC(=O)NC1CC=CCC1. The van der Waals surface area contributed by atoms with E-state index in [2.05, 4.69) is 17.5 Å². The highest BCUT2D eigenvalue weighted by Gasteiger charge is 2.11. The van der Waals surface area contributed by atoms with Crippen molar-refractivity contribution >= 4 is 5.91 Å². The molecule has 0 spiro atoms. The van der Waals surface area contributed by atoms with Crippen LogP contribution in [-0.2, 0) is 4.79 Å². The number of carbonyl (C=O) groups excluding carboxylic acids is 1. The Morgan fingerprint density at radius 3 is 3.08 bits per heavy atom. The molecule has 3 heteroatoms. The summed E-state index contributed by atoms with van der Waals surface area (Å²) in [6, 6.07) is 2.07. The highest BCUT2D eigenvalue weighted by molar-refractivity contribution is 5.78. The molecule has 12 heavy (non-hydrogen) atoms. The van der Waals surface area contributed by atoms with Gasteiger partial charge < -0.3 is 5.32 Å². The maximum atomic E-state index is 11.0.